The summed E-state index contributed by atoms with van der Waals surface area (Å²) < 4.78 is 12.2. The second kappa shape index (κ2) is 12.2. The predicted octanol–water partition coefficient (Wildman–Crippen LogP) is 2.45. The van der Waals surface area contributed by atoms with Crippen LogP contribution in [0.2, 0.25) is 0 Å². The lowest BCUT2D eigenvalue weighted by molar-refractivity contribution is -0.290. The zero-order valence-electron chi connectivity index (χ0n) is 25.7. The highest BCUT2D eigenvalue weighted by atomic mass is 16.7. The molecule has 0 bridgehead atoms. The molecule has 5 fully saturated rings. The van der Waals surface area contributed by atoms with E-state index in [9.17, 15) is 35.1 Å². The van der Waals surface area contributed by atoms with E-state index in [0.717, 1.165) is 44.9 Å². The first-order chi connectivity index (χ1) is 19.8. The molecule has 1 amide bonds. The van der Waals surface area contributed by atoms with E-state index < -0.39 is 49.3 Å². The molecule has 4 saturated carbocycles. The van der Waals surface area contributed by atoms with Crippen molar-refractivity contribution in [1.29, 1.82) is 0 Å². The van der Waals surface area contributed by atoms with Crippen LogP contribution < -0.4 is 5.32 Å². The molecule has 0 aromatic carbocycles. The first-order valence-electron chi connectivity index (χ1n) is 16.2. The Bertz CT molecular complexity index is 995. The van der Waals surface area contributed by atoms with Gasteiger partial charge >= 0.3 is 5.97 Å². The van der Waals surface area contributed by atoms with E-state index in [4.69, 9.17) is 9.47 Å². The summed E-state index contributed by atoms with van der Waals surface area (Å²) in [5.74, 6) is 1.14. The van der Waals surface area contributed by atoms with Crippen molar-refractivity contribution in [3.8, 4) is 0 Å². The molecule has 1 heterocycles. The summed E-state index contributed by atoms with van der Waals surface area (Å²) in [6.45, 7) is 7.89. The number of rotatable bonds is 8. The van der Waals surface area contributed by atoms with Crippen molar-refractivity contribution in [3.63, 3.8) is 0 Å². The van der Waals surface area contributed by atoms with Gasteiger partial charge in [-0.05, 0) is 104 Å². The highest BCUT2D eigenvalue weighted by molar-refractivity contribution is 5.73. The van der Waals surface area contributed by atoms with Gasteiger partial charge in [0, 0.05) is 13.3 Å². The van der Waals surface area contributed by atoms with Gasteiger partial charge in [-0.2, -0.15) is 0 Å². The molecule has 240 valence electrons. The van der Waals surface area contributed by atoms with Crippen molar-refractivity contribution in [2.75, 3.05) is 6.61 Å². The SMILES string of the molecule is CC(=O)NC1C(OC2CCC3(C)C(C2)CC(O)C2C3CCC3(C)C(C(C)CCC(=O)O)CCC23)OC(CO)C(O)C1O. The van der Waals surface area contributed by atoms with Crippen molar-refractivity contribution >= 4 is 11.9 Å². The lowest BCUT2D eigenvalue weighted by Gasteiger charge is -2.62. The van der Waals surface area contributed by atoms with Crippen LogP contribution in [0.15, 0.2) is 0 Å². The number of carboxylic acid groups (broad SMARTS) is 1. The molecule has 1 aliphatic heterocycles. The number of hydrogen-bond acceptors (Lipinski definition) is 8. The second-order valence-corrected chi connectivity index (χ2v) is 14.9. The van der Waals surface area contributed by atoms with Crippen LogP contribution in [0.1, 0.15) is 91.9 Å². The monoisotopic (exact) mass is 595 g/mol. The zero-order valence-corrected chi connectivity index (χ0v) is 25.7. The maximum Gasteiger partial charge on any atom is 0.303 e. The topological polar surface area (TPSA) is 166 Å². The minimum absolute atomic E-state index is 0.0753. The van der Waals surface area contributed by atoms with Gasteiger partial charge in [0.05, 0.1) is 18.8 Å². The van der Waals surface area contributed by atoms with Gasteiger partial charge in [-0.15, -0.1) is 0 Å². The lowest BCUT2D eigenvalue weighted by Crippen LogP contribution is -2.65. The average Bonchev–Trinajstić information content (AvgIpc) is 3.29. The van der Waals surface area contributed by atoms with Crippen LogP contribution >= 0.6 is 0 Å². The van der Waals surface area contributed by atoms with Gasteiger partial charge in [0.1, 0.15) is 24.4 Å². The fraction of sp³-hybridized carbons (Fsp3) is 0.938. The average molecular weight is 596 g/mol. The van der Waals surface area contributed by atoms with Crippen LogP contribution in [0.5, 0.6) is 0 Å². The van der Waals surface area contributed by atoms with Crippen molar-refractivity contribution in [1.82, 2.24) is 5.32 Å². The van der Waals surface area contributed by atoms with E-state index in [-0.39, 0.29) is 41.1 Å². The normalized spacial score (nSPS) is 49.3. The number of amides is 1. The first kappa shape index (κ1) is 32.1. The van der Waals surface area contributed by atoms with Crippen molar-refractivity contribution < 1.29 is 44.6 Å². The Kier molecular flexibility index (Phi) is 9.36. The van der Waals surface area contributed by atoms with Crippen LogP contribution in [-0.2, 0) is 19.1 Å². The number of nitrogens with one attached hydrogen (secondary N) is 1. The fourth-order valence-corrected chi connectivity index (χ4v) is 10.6. The molecule has 6 N–H and O–H groups in total. The number of aliphatic hydroxyl groups is 4. The molecule has 5 rings (SSSR count). The molecule has 42 heavy (non-hydrogen) atoms. The second-order valence-electron chi connectivity index (χ2n) is 14.9. The van der Waals surface area contributed by atoms with E-state index >= 15 is 0 Å². The Labute approximate surface area is 249 Å². The number of carbonyl (C=O) groups excluding carboxylic acids is 1. The van der Waals surface area contributed by atoms with Crippen LogP contribution in [0.25, 0.3) is 0 Å². The molecule has 15 atom stereocenters. The van der Waals surface area contributed by atoms with Crippen molar-refractivity contribution in [3.05, 3.63) is 0 Å². The third-order valence-corrected chi connectivity index (χ3v) is 12.8. The maximum absolute atomic E-state index is 11.9. The molecule has 0 radical (unpaired) electrons. The molecule has 1 saturated heterocycles. The number of carbonyl (C=O) groups is 2. The van der Waals surface area contributed by atoms with Crippen molar-refractivity contribution in [2.24, 2.45) is 46.3 Å². The van der Waals surface area contributed by atoms with E-state index in [2.05, 4.69) is 26.1 Å². The van der Waals surface area contributed by atoms with Crippen LogP contribution in [-0.4, -0.2) is 86.9 Å². The molecule has 0 aromatic heterocycles. The Morgan fingerprint density at radius 2 is 1.69 bits per heavy atom. The smallest absolute Gasteiger partial charge is 0.303 e. The molecule has 5 aliphatic rings. The number of fused-ring (bicyclic) bond motifs is 5. The summed E-state index contributed by atoms with van der Waals surface area (Å²) in [6.07, 6.45) is 3.23. The molecule has 15 unspecified atom stereocenters. The Balaban J connectivity index is 1.28. The van der Waals surface area contributed by atoms with Gasteiger partial charge in [-0.1, -0.05) is 20.8 Å². The van der Waals surface area contributed by atoms with Gasteiger partial charge in [0.2, 0.25) is 5.91 Å². The quantitative estimate of drug-likeness (QED) is 0.231. The highest BCUT2D eigenvalue weighted by Crippen LogP contribution is 2.68. The highest BCUT2D eigenvalue weighted by Gasteiger charge is 2.63. The predicted molar refractivity (Wildman–Crippen MR) is 153 cm³/mol. The first-order valence-corrected chi connectivity index (χ1v) is 16.2. The molecule has 4 aliphatic carbocycles. The number of aliphatic hydroxyl groups excluding tert-OH is 4. The third kappa shape index (κ3) is 5.65. The Hall–Kier alpha value is -1.30. The van der Waals surface area contributed by atoms with E-state index in [1.165, 1.54) is 6.92 Å². The molecular weight excluding hydrogens is 542 g/mol. The molecular formula is C32H53NO9. The standard InChI is InChI=1S/C32H53NO9/c1-16(5-8-25(37)38)20-6-7-21-26-22(10-12-32(20,21)4)31(3)11-9-19(13-18(31)14-23(26)36)41-30-27(33-17(2)35)29(40)28(39)24(15-34)42-30/h16,18-24,26-30,34,36,39-40H,5-15H2,1-4H3,(H,33,35)(H,37,38). The minimum atomic E-state index is -1.35. The summed E-state index contributed by atoms with van der Waals surface area (Å²) in [5, 5.41) is 54.3. The number of aliphatic carboxylic acids is 1. The van der Waals surface area contributed by atoms with E-state index in [1.54, 1.807) is 0 Å². The minimum Gasteiger partial charge on any atom is -0.481 e. The van der Waals surface area contributed by atoms with Gasteiger partial charge < -0.3 is 40.3 Å². The summed E-state index contributed by atoms with van der Waals surface area (Å²) in [6, 6.07) is -0.959. The molecule has 0 spiro atoms. The summed E-state index contributed by atoms with van der Waals surface area (Å²) in [7, 11) is 0. The third-order valence-electron chi connectivity index (χ3n) is 12.8. The summed E-state index contributed by atoms with van der Waals surface area (Å²) >= 11 is 0. The van der Waals surface area contributed by atoms with E-state index in [0.29, 0.717) is 36.5 Å². The zero-order chi connectivity index (χ0) is 30.6. The van der Waals surface area contributed by atoms with Crippen LogP contribution in [0.3, 0.4) is 0 Å². The Morgan fingerprint density at radius 3 is 2.36 bits per heavy atom. The van der Waals surface area contributed by atoms with Crippen LogP contribution in [0.4, 0.5) is 0 Å². The lowest BCUT2D eigenvalue weighted by atomic mass is 9.43. The molecule has 0 aromatic rings. The number of carboxylic acids is 1. The number of hydrogen-bond donors (Lipinski definition) is 6. The van der Waals surface area contributed by atoms with Gasteiger partial charge in [-0.3, -0.25) is 9.59 Å². The van der Waals surface area contributed by atoms with Crippen molar-refractivity contribution in [2.45, 2.75) is 135 Å². The largest absolute Gasteiger partial charge is 0.481 e. The van der Waals surface area contributed by atoms with Crippen LogP contribution in [0, 0.1) is 46.3 Å². The molecule has 10 nitrogen and oxygen atoms in total. The fourth-order valence-electron chi connectivity index (χ4n) is 10.6. The number of ether oxygens (including phenoxy) is 2. The maximum atomic E-state index is 11.9. The van der Waals surface area contributed by atoms with Gasteiger partial charge in [-0.25, -0.2) is 0 Å². The Morgan fingerprint density at radius 1 is 1.00 bits per heavy atom. The van der Waals surface area contributed by atoms with Gasteiger partial charge in [0.15, 0.2) is 6.29 Å². The molecule has 10 heteroatoms. The summed E-state index contributed by atoms with van der Waals surface area (Å²) in [4.78, 5) is 23.1. The summed E-state index contributed by atoms with van der Waals surface area (Å²) in [5.41, 5.74) is 0.209. The van der Waals surface area contributed by atoms with E-state index in [1.807, 2.05) is 0 Å². The van der Waals surface area contributed by atoms with Gasteiger partial charge in [0.25, 0.3) is 0 Å².